The van der Waals surface area contributed by atoms with E-state index in [0.717, 1.165) is 0 Å². The molecule has 0 bridgehead atoms. The molecule has 0 aliphatic carbocycles. The fourth-order valence-corrected chi connectivity index (χ4v) is 1.93. The molecule has 19 heavy (non-hydrogen) atoms. The molecule has 2 amide bonds. The topological polar surface area (TPSA) is 70.6 Å². The maximum atomic E-state index is 13.3. The highest BCUT2D eigenvalue weighted by atomic mass is 19.1. The van der Waals surface area contributed by atoms with Crippen LogP contribution < -0.4 is 10.6 Å². The number of halogens is 1. The van der Waals surface area contributed by atoms with Crippen LogP contribution in [-0.2, 0) is 11.3 Å². The van der Waals surface area contributed by atoms with Gasteiger partial charge in [-0.25, -0.2) is 9.18 Å². The Morgan fingerprint density at radius 1 is 1.47 bits per heavy atom. The lowest BCUT2D eigenvalue weighted by Crippen LogP contribution is -2.51. The second-order valence-electron chi connectivity index (χ2n) is 4.46. The maximum Gasteiger partial charge on any atom is 0.315 e. The van der Waals surface area contributed by atoms with Crippen LogP contribution in [0.25, 0.3) is 0 Å². The lowest BCUT2D eigenvalue weighted by atomic mass is 10.1. The van der Waals surface area contributed by atoms with Gasteiger partial charge in [-0.2, -0.15) is 0 Å². The first-order valence-corrected chi connectivity index (χ1v) is 6.20. The average Bonchev–Trinajstić information content (AvgIpc) is 2.40. The van der Waals surface area contributed by atoms with E-state index in [2.05, 4.69) is 10.6 Å². The summed E-state index contributed by atoms with van der Waals surface area (Å²) in [6.45, 7) is 0.839. The molecule has 1 aromatic carbocycles. The molecule has 1 aliphatic heterocycles. The van der Waals surface area contributed by atoms with Gasteiger partial charge >= 0.3 is 6.03 Å². The number of rotatable bonds is 3. The van der Waals surface area contributed by atoms with E-state index in [1.54, 1.807) is 18.2 Å². The van der Waals surface area contributed by atoms with E-state index in [1.807, 2.05) is 0 Å². The fourth-order valence-electron chi connectivity index (χ4n) is 1.93. The number of nitrogens with one attached hydrogen (secondary N) is 2. The maximum absolute atomic E-state index is 13.3. The SMILES string of the molecule is O=C(NCc1ccccc1F)N[C@@H]1CCOC[C@H]1O. The second kappa shape index (κ2) is 6.49. The van der Waals surface area contributed by atoms with E-state index < -0.39 is 12.1 Å². The number of benzene rings is 1. The van der Waals surface area contributed by atoms with Crippen LogP contribution in [0, 0.1) is 5.82 Å². The number of carbonyl (C=O) groups excluding carboxylic acids is 1. The summed E-state index contributed by atoms with van der Waals surface area (Å²) in [5.74, 6) is -0.353. The molecule has 1 heterocycles. The van der Waals surface area contributed by atoms with E-state index in [-0.39, 0.29) is 25.0 Å². The number of hydrogen-bond donors (Lipinski definition) is 3. The number of amides is 2. The summed E-state index contributed by atoms with van der Waals surface area (Å²) in [5.41, 5.74) is 0.421. The van der Waals surface area contributed by atoms with E-state index in [1.165, 1.54) is 6.07 Å². The van der Waals surface area contributed by atoms with Crippen molar-refractivity contribution in [3.63, 3.8) is 0 Å². The van der Waals surface area contributed by atoms with Gasteiger partial charge in [0.05, 0.1) is 18.8 Å². The van der Waals surface area contributed by atoms with Crippen LogP contribution in [0.1, 0.15) is 12.0 Å². The first kappa shape index (κ1) is 13.8. The smallest absolute Gasteiger partial charge is 0.315 e. The zero-order valence-electron chi connectivity index (χ0n) is 10.4. The molecule has 0 radical (unpaired) electrons. The summed E-state index contributed by atoms with van der Waals surface area (Å²) < 4.78 is 18.4. The molecule has 1 aromatic rings. The number of aliphatic hydroxyl groups is 1. The molecule has 5 nitrogen and oxygen atoms in total. The summed E-state index contributed by atoms with van der Waals surface area (Å²) >= 11 is 0. The van der Waals surface area contributed by atoms with Crippen molar-refractivity contribution in [3.05, 3.63) is 35.6 Å². The summed E-state index contributed by atoms with van der Waals surface area (Å²) in [6, 6.07) is 5.51. The van der Waals surface area contributed by atoms with Gasteiger partial charge in [-0.3, -0.25) is 0 Å². The molecule has 0 spiro atoms. The van der Waals surface area contributed by atoms with Crippen molar-refractivity contribution >= 4 is 6.03 Å². The third-order valence-corrected chi connectivity index (χ3v) is 3.04. The van der Waals surface area contributed by atoms with Gasteiger partial charge in [-0.05, 0) is 12.5 Å². The normalized spacial score (nSPS) is 22.8. The van der Waals surface area contributed by atoms with Crippen LogP contribution in [0.15, 0.2) is 24.3 Å². The monoisotopic (exact) mass is 268 g/mol. The van der Waals surface area contributed by atoms with Gasteiger partial charge in [0.15, 0.2) is 0 Å². The third kappa shape index (κ3) is 3.90. The highest BCUT2D eigenvalue weighted by molar-refractivity contribution is 5.74. The molecule has 0 saturated carbocycles. The van der Waals surface area contributed by atoms with Gasteiger partial charge in [-0.1, -0.05) is 18.2 Å². The Hall–Kier alpha value is -1.66. The van der Waals surface area contributed by atoms with Gasteiger partial charge in [0.2, 0.25) is 0 Å². The minimum Gasteiger partial charge on any atom is -0.389 e. The van der Waals surface area contributed by atoms with Crippen LogP contribution in [-0.4, -0.2) is 36.5 Å². The molecular formula is C13H17FN2O3. The van der Waals surface area contributed by atoms with Crippen molar-refractivity contribution in [2.24, 2.45) is 0 Å². The zero-order chi connectivity index (χ0) is 13.7. The first-order chi connectivity index (χ1) is 9.16. The Kier molecular flexibility index (Phi) is 4.70. The largest absolute Gasteiger partial charge is 0.389 e. The van der Waals surface area contributed by atoms with E-state index in [4.69, 9.17) is 4.74 Å². The number of aliphatic hydroxyl groups excluding tert-OH is 1. The fraction of sp³-hybridized carbons (Fsp3) is 0.462. The van der Waals surface area contributed by atoms with Crippen LogP contribution in [0.2, 0.25) is 0 Å². The summed E-state index contributed by atoms with van der Waals surface area (Å²) in [7, 11) is 0. The number of carbonyl (C=O) groups is 1. The minimum absolute atomic E-state index is 0.109. The molecule has 2 rings (SSSR count). The number of urea groups is 1. The minimum atomic E-state index is -0.701. The molecule has 0 aromatic heterocycles. The summed E-state index contributed by atoms with van der Waals surface area (Å²) in [6.07, 6.45) is -0.137. The number of ether oxygens (including phenoxy) is 1. The quantitative estimate of drug-likeness (QED) is 0.758. The predicted molar refractivity (Wildman–Crippen MR) is 67.0 cm³/mol. The van der Waals surface area contributed by atoms with Crippen LogP contribution in [0.5, 0.6) is 0 Å². The predicted octanol–water partition coefficient (Wildman–Crippen LogP) is 0.775. The van der Waals surface area contributed by atoms with Crippen molar-refractivity contribution in [2.75, 3.05) is 13.2 Å². The van der Waals surface area contributed by atoms with Crippen LogP contribution >= 0.6 is 0 Å². The van der Waals surface area contributed by atoms with Crippen molar-refractivity contribution in [2.45, 2.75) is 25.1 Å². The van der Waals surface area contributed by atoms with E-state index in [0.29, 0.717) is 18.6 Å². The van der Waals surface area contributed by atoms with Crippen LogP contribution in [0.4, 0.5) is 9.18 Å². The molecule has 1 saturated heterocycles. The van der Waals surface area contributed by atoms with Gasteiger partial charge in [0.25, 0.3) is 0 Å². The second-order valence-corrected chi connectivity index (χ2v) is 4.46. The van der Waals surface area contributed by atoms with Gasteiger partial charge in [0.1, 0.15) is 5.82 Å². The third-order valence-electron chi connectivity index (χ3n) is 3.04. The van der Waals surface area contributed by atoms with Crippen molar-refractivity contribution in [3.8, 4) is 0 Å². The van der Waals surface area contributed by atoms with E-state index in [9.17, 15) is 14.3 Å². The first-order valence-electron chi connectivity index (χ1n) is 6.20. The molecule has 1 aliphatic rings. The van der Waals surface area contributed by atoms with Crippen molar-refractivity contribution in [1.29, 1.82) is 0 Å². The highest BCUT2D eigenvalue weighted by Crippen LogP contribution is 2.08. The molecule has 6 heteroatoms. The molecule has 104 valence electrons. The highest BCUT2D eigenvalue weighted by Gasteiger charge is 2.24. The standard InChI is InChI=1S/C13H17FN2O3/c14-10-4-2-1-3-9(10)7-15-13(18)16-11-5-6-19-8-12(11)17/h1-4,11-12,17H,5-8H2,(H2,15,16,18)/t11-,12-/m1/s1. The Bertz CT molecular complexity index is 442. The lowest BCUT2D eigenvalue weighted by molar-refractivity contribution is -0.0247. The summed E-state index contributed by atoms with van der Waals surface area (Å²) in [5, 5.41) is 14.8. The Morgan fingerprint density at radius 3 is 3.00 bits per heavy atom. The van der Waals surface area contributed by atoms with E-state index >= 15 is 0 Å². The zero-order valence-corrected chi connectivity index (χ0v) is 10.4. The molecule has 3 N–H and O–H groups in total. The summed E-state index contributed by atoms with van der Waals surface area (Å²) in [4.78, 5) is 11.6. The molecule has 1 fully saturated rings. The number of hydrogen-bond acceptors (Lipinski definition) is 3. The van der Waals surface area contributed by atoms with Crippen LogP contribution in [0.3, 0.4) is 0 Å². The van der Waals surface area contributed by atoms with Crippen molar-refractivity contribution in [1.82, 2.24) is 10.6 Å². The molecule has 2 atom stereocenters. The lowest BCUT2D eigenvalue weighted by Gasteiger charge is -2.28. The Labute approximate surface area is 110 Å². The Morgan fingerprint density at radius 2 is 2.26 bits per heavy atom. The molecule has 0 unspecified atom stereocenters. The molecular weight excluding hydrogens is 251 g/mol. The average molecular weight is 268 g/mol. The van der Waals surface area contributed by atoms with Crippen molar-refractivity contribution < 1.29 is 19.0 Å². The Balaban J connectivity index is 1.80. The van der Waals surface area contributed by atoms with Gasteiger partial charge in [-0.15, -0.1) is 0 Å². The van der Waals surface area contributed by atoms with Gasteiger partial charge < -0.3 is 20.5 Å². The van der Waals surface area contributed by atoms with Gasteiger partial charge in [0, 0.05) is 18.7 Å².